The second kappa shape index (κ2) is 6.98. The van der Waals surface area contributed by atoms with Crippen molar-refractivity contribution in [3.63, 3.8) is 0 Å². The van der Waals surface area contributed by atoms with E-state index in [4.69, 9.17) is 14.2 Å². The number of hydrogen-bond acceptors (Lipinski definition) is 5. The molecule has 0 radical (unpaired) electrons. The summed E-state index contributed by atoms with van der Waals surface area (Å²) in [5.74, 6) is -5.53. The van der Waals surface area contributed by atoms with E-state index in [9.17, 15) is 18.4 Å². The van der Waals surface area contributed by atoms with E-state index in [1.165, 1.54) is 13.8 Å². The van der Waals surface area contributed by atoms with Gasteiger partial charge in [-0.15, -0.1) is 0 Å². The lowest BCUT2D eigenvalue weighted by Crippen LogP contribution is -2.41. The fourth-order valence-corrected chi connectivity index (χ4v) is 2.04. The van der Waals surface area contributed by atoms with Gasteiger partial charge < -0.3 is 14.2 Å². The molecule has 2 rings (SSSR count). The summed E-state index contributed by atoms with van der Waals surface area (Å²) in [5.41, 5.74) is -1.15. The molecule has 0 bridgehead atoms. The van der Waals surface area contributed by atoms with Gasteiger partial charge in [0.1, 0.15) is 11.4 Å². The molecule has 1 saturated heterocycles. The lowest BCUT2D eigenvalue weighted by molar-refractivity contribution is -0.222. The number of esters is 2. The third kappa shape index (κ3) is 3.90. The molecule has 7 heteroatoms. The van der Waals surface area contributed by atoms with Crippen LogP contribution in [0.1, 0.15) is 39.2 Å². The van der Waals surface area contributed by atoms with Crippen molar-refractivity contribution in [2.75, 3.05) is 6.61 Å². The molecule has 0 atom stereocenters. The molecule has 0 saturated carbocycles. The Morgan fingerprint density at radius 2 is 1.79 bits per heavy atom. The van der Waals surface area contributed by atoms with E-state index in [-0.39, 0.29) is 12.4 Å². The van der Waals surface area contributed by atoms with E-state index in [1.54, 1.807) is 0 Å². The molecule has 130 valence electrons. The zero-order valence-electron chi connectivity index (χ0n) is 13.7. The average molecular weight is 340 g/mol. The Kier molecular flexibility index (Phi) is 5.21. The molecular weight excluding hydrogens is 322 g/mol. The van der Waals surface area contributed by atoms with Gasteiger partial charge in [0.2, 0.25) is 0 Å². The fraction of sp³-hybridized carbons (Fsp3) is 0.412. The van der Waals surface area contributed by atoms with E-state index in [0.29, 0.717) is 6.42 Å². The highest BCUT2D eigenvalue weighted by Crippen LogP contribution is 2.29. The molecule has 1 heterocycles. The normalized spacial score (nSPS) is 16.5. The van der Waals surface area contributed by atoms with Crippen molar-refractivity contribution in [3.8, 4) is 5.75 Å². The maximum Gasteiger partial charge on any atom is 0.348 e. The van der Waals surface area contributed by atoms with E-state index < -0.39 is 40.5 Å². The quantitative estimate of drug-likeness (QED) is 0.356. The van der Waals surface area contributed by atoms with Gasteiger partial charge in [-0.1, -0.05) is 13.3 Å². The molecule has 24 heavy (non-hydrogen) atoms. The van der Waals surface area contributed by atoms with Gasteiger partial charge in [-0.25, -0.2) is 18.4 Å². The van der Waals surface area contributed by atoms with Gasteiger partial charge >= 0.3 is 11.9 Å². The second-order valence-corrected chi connectivity index (χ2v) is 5.71. The number of unbranched alkanes of at least 4 members (excludes halogenated alkanes) is 1. The predicted molar refractivity (Wildman–Crippen MR) is 81.0 cm³/mol. The third-order valence-corrected chi connectivity index (χ3v) is 3.25. The first kappa shape index (κ1) is 17.9. The highest BCUT2D eigenvalue weighted by molar-refractivity contribution is 6.18. The standard InChI is InChI=1S/C17H18F2O5/c1-4-5-8-22-13-7-6-12(18)10(14(13)19)9-11-15(20)23-17(2,3)24-16(11)21/h6-7,9H,4-5,8H2,1-3H3. The highest BCUT2D eigenvalue weighted by atomic mass is 19.1. The first-order chi connectivity index (χ1) is 11.2. The summed E-state index contributed by atoms with van der Waals surface area (Å²) in [5, 5.41) is 0. The van der Waals surface area contributed by atoms with Crippen LogP contribution in [0.4, 0.5) is 8.78 Å². The summed E-state index contributed by atoms with van der Waals surface area (Å²) in [7, 11) is 0. The number of hydrogen-bond donors (Lipinski definition) is 0. The van der Waals surface area contributed by atoms with Crippen LogP contribution in [0, 0.1) is 11.6 Å². The highest BCUT2D eigenvalue weighted by Gasteiger charge is 2.39. The Labute approximate surface area is 138 Å². The van der Waals surface area contributed by atoms with Gasteiger partial charge in [0.05, 0.1) is 12.2 Å². The van der Waals surface area contributed by atoms with Gasteiger partial charge in [-0.2, -0.15) is 0 Å². The lowest BCUT2D eigenvalue weighted by atomic mass is 10.1. The van der Waals surface area contributed by atoms with Crippen molar-refractivity contribution in [1.29, 1.82) is 0 Å². The smallest absolute Gasteiger partial charge is 0.348 e. The van der Waals surface area contributed by atoms with Crippen LogP contribution < -0.4 is 4.74 Å². The van der Waals surface area contributed by atoms with Gasteiger partial charge in [-0.05, 0) is 24.6 Å². The first-order valence-electron chi connectivity index (χ1n) is 7.54. The van der Waals surface area contributed by atoms with Crippen LogP contribution in [0.25, 0.3) is 6.08 Å². The second-order valence-electron chi connectivity index (χ2n) is 5.71. The topological polar surface area (TPSA) is 61.8 Å². The van der Waals surface area contributed by atoms with Crippen LogP contribution in [0.15, 0.2) is 17.7 Å². The van der Waals surface area contributed by atoms with Gasteiger partial charge in [0, 0.05) is 13.8 Å². The van der Waals surface area contributed by atoms with Crippen molar-refractivity contribution < 1.29 is 32.6 Å². The average Bonchev–Trinajstić information content (AvgIpc) is 2.47. The summed E-state index contributed by atoms with van der Waals surface area (Å²) >= 11 is 0. The Morgan fingerprint density at radius 3 is 2.38 bits per heavy atom. The number of carbonyl (C=O) groups is 2. The van der Waals surface area contributed by atoms with Crippen molar-refractivity contribution in [1.82, 2.24) is 0 Å². The van der Waals surface area contributed by atoms with Crippen molar-refractivity contribution >= 4 is 18.0 Å². The Bertz CT molecular complexity index is 672. The molecule has 0 unspecified atom stereocenters. The summed E-state index contributed by atoms with van der Waals surface area (Å²) in [6, 6.07) is 2.16. The monoisotopic (exact) mass is 340 g/mol. The molecule has 1 aromatic rings. The van der Waals surface area contributed by atoms with E-state index in [0.717, 1.165) is 24.6 Å². The Morgan fingerprint density at radius 1 is 1.17 bits per heavy atom. The number of carbonyl (C=O) groups excluding carboxylic acids is 2. The zero-order chi connectivity index (χ0) is 17.9. The first-order valence-corrected chi connectivity index (χ1v) is 7.54. The number of rotatable bonds is 5. The molecular formula is C17H18F2O5. The fourth-order valence-electron chi connectivity index (χ4n) is 2.04. The van der Waals surface area contributed by atoms with Crippen LogP contribution in [0.5, 0.6) is 5.75 Å². The Balaban J connectivity index is 2.36. The van der Waals surface area contributed by atoms with Crippen LogP contribution in [0.2, 0.25) is 0 Å². The lowest BCUT2D eigenvalue weighted by Gasteiger charge is -2.29. The number of benzene rings is 1. The minimum atomic E-state index is -1.42. The van der Waals surface area contributed by atoms with E-state index in [2.05, 4.69) is 0 Å². The van der Waals surface area contributed by atoms with Crippen LogP contribution in [-0.2, 0) is 19.1 Å². The molecule has 0 amide bonds. The minimum Gasteiger partial charge on any atom is -0.490 e. The Hall–Kier alpha value is -2.44. The van der Waals surface area contributed by atoms with Crippen molar-refractivity contribution in [3.05, 3.63) is 34.9 Å². The molecule has 0 aliphatic carbocycles. The molecule has 1 fully saturated rings. The predicted octanol–water partition coefficient (Wildman–Crippen LogP) is 3.36. The van der Waals surface area contributed by atoms with Gasteiger partial charge in [0.25, 0.3) is 5.79 Å². The number of ether oxygens (including phenoxy) is 3. The van der Waals surface area contributed by atoms with Crippen LogP contribution >= 0.6 is 0 Å². The SMILES string of the molecule is CCCCOc1ccc(F)c(C=C2C(=O)OC(C)(C)OC2=O)c1F. The molecule has 5 nitrogen and oxygen atoms in total. The van der Waals surface area contributed by atoms with E-state index >= 15 is 0 Å². The van der Waals surface area contributed by atoms with Gasteiger partial charge in [0.15, 0.2) is 11.6 Å². The van der Waals surface area contributed by atoms with E-state index in [1.807, 2.05) is 6.92 Å². The maximum absolute atomic E-state index is 14.4. The van der Waals surface area contributed by atoms with Crippen molar-refractivity contribution in [2.45, 2.75) is 39.4 Å². The minimum absolute atomic E-state index is 0.158. The van der Waals surface area contributed by atoms with Crippen LogP contribution in [-0.4, -0.2) is 24.3 Å². The molecule has 0 aromatic heterocycles. The van der Waals surface area contributed by atoms with Crippen molar-refractivity contribution in [2.24, 2.45) is 0 Å². The van der Waals surface area contributed by atoms with Gasteiger partial charge in [-0.3, -0.25) is 0 Å². The maximum atomic E-state index is 14.4. The molecule has 0 spiro atoms. The number of cyclic esters (lactones) is 2. The summed E-state index contributed by atoms with van der Waals surface area (Å²) in [6.07, 6.45) is 2.34. The molecule has 0 N–H and O–H groups in total. The zero-order valence-corrected chi connectivity index (χ0v) is 13.7. The summed E-state index contributed by atoms with van der Waals surface area (Å²) < 4.78 is 43.4. The summed E-state index contributed by atoms with van der Waals surface area (Å²) in [4.78, 5) is 23.8. The largest absolute Gasteiger partial charge is 0.490 e. The summed E-state index contributed by atoms with van der Waals surface area (Å²) in [6.45, 7) is 4.97. The van der Waals surface area contributed by atoms with Crippen LogP contribution in [0.3, 0.4) is 0 Å². The molecule has 1 aliphatic heterocycles. The molecule has 1 aliphatic rings. The third-order valence-electron chi connectivity index (χ3n) is 3.25. The molecule has 1 aromatic carbocycles. The number of halogens is 2.